The fourth-order valence-electron chi connectivity index (χ4n) is 8.42. The zero-order valence-corrected chi connectivity index (χ0v) is 21.8. The highest BCUT2D eigenvalue weighted by Crippen LogP contribution is 2.69. The molecule has 2 fully saturated rings. The molecule has 3 heterocycles. The fourth-order valence-corrected chi connectivity index (χ4v) is 8.54. The van der Waals surface area contributed by atoms with E-state index in [1.165, 1.54) is 0 Å². The number of Topliss-reactive ketones (excluding diaryl/α,β-unsaturated/α-hetero) is 1. The molecule has 3 aliphatic heterocycles. The van der Waals surface area contributed by atoms with E-state index < -0.39 is 29.1 Å². The minimum Gasteiger partial charge on any atom is -0.478 e. The van der Waals surface area contributed by atoms with Crippen LogP contribution in [0.1, 0.15) is 58.3 Å². The Morgan fingerprint density at radius 1 is 0.949 bits per heavy atom. The quantitative estimate of drug-likeness (QED) is 0.211. The Balaban J connectivity index is 1.52. The molecule has 5 atom stereocenters. The normalized spacial score (nSPS) is 30.6. The summed E-state index contributed by atoms with van der Waals surface area (Å²) < 4.78 is 6.65. The number of benzene rings is 4. The Morgan fingerprint density at radius 3 is 2.51 bits per heavy atom. The van der Waals surface area contributed by atoms with Gasteiger partial charge in [0.2, 0.25) is 0 Å². The van der Waals surface area contributed by atoms with Gasteiger partial charge in [-0.25, -0.2) is 0 Å². The molecule has 4 aliphatic rings. The summed E-state index contributed by atoms with van der Waals surface area (Å²) in [4.78, 5) is 30.8. The largest absolute Gasteiger partial charge is 0.478 e. The first-order valence-corrected chi connectivity index (χ1v) is 13.9. The molecule has 2 saturated heterocycles. The van der Waals surface area contributed by atoms with Crippen LogP contribution in [-0.4, -0.2) is 33.7 Å². The number of rotatable bonds is 2. The smallest absolute Gasteiger partial charge is 0.287 e. The van der Waals surface area contributed by atoms with E-state index in [9.17, 15) is 14.9 Å². The number of nitro groups is 1. The molecule has 7 heteroatoms. The van der Waals surface area contributed by atoms with E-state index >= 15 is 0 Å². The van der Waals surface area contributed by atoms with Crippen molar-refractivity contribution in [2.75, 3.05) is 6.54 Å². The van der Waals surface area contributed by atoms with Crippen molar-refractivity contribution in [1.82, 2.24) is 4.90 Å². The zero-order chi connectivity index (χ0) is 26.5. The third-order valence-corrected chi connectivity index (χ3v) is 9.91. The highest BCUT2D eigenvalue weighted by atomic mass is 35.5. The molecule has 0 radical (unpaired) electrons. The molecule has 0 N–H and O–H groups in total. The van der Waals surface area contributed by atoms with Gasteiger partial charge in [0, 0.05) is 27.6 Å². The molecule has 0 unspecified atom stereocenters. The van der Waals surface area contributed by atoms with E-state index in [1.54, 1.807) is 12.1 Å². The number of carbonyl (C=O) groups is 1. The number of halogens is 1. The number of para-hydroxylation sites is 1. The lowest BCUT2D eigenvalue weighted by molar-refractivity contribution is -0.592. The average molecular weight is 537 g/mol. The number of nitrogens with zero attached hydrogens (tertiary/aromatic N) is 2. The number of ketones is 1. The Hall–Kier alpha value is -3.74. The Kier molecular flexibility index (Phi) is 4.69. The molecule has 4 aromatic carbocycles. The summed E-state index contributed by atoms with van der Waals surface area (Å²) in [6.45, 7) is 0.613. The number of carbonyl (C=O) groups excluding carboxylic acids is 1. The second-order valence-corrected chi connectivity index (χ2v) is 11.6. The maximum atomic E-state index is 15.0. The molecular weight excluding hydrogens is 512 g/mol. The van der Waals surface area contributed by atoms with Gasteiger partial charge in [0.05, 0.1) is 12.0 Å². The van der Waals surface area contributed by atoms with Gasteiger partial charge in [-0.05, 0) is 52.9 Å². The lowest BCUT2D eigenvalue weighted by Crippen LogP contribution is -2.60. The van der Waals surface area contributed by atoms with E-state index in [-0.39, 0.29) is 10.7 Å². The van der Waals surface area contributed by atoms with Crippen LogP contribution in [0.25, 0.3) is 10.8 Å². The van der Waals surface area contributed by atoms with Crippen LogP contribution in [0, 0.1) is 10.1 Å². The van der Waals surface area contributed by atoms with Crippen LogP contribution in [0.2, 0.25) is 5.02 Å². The van der Waals surface area contributed by atoms with Crippen LogP contribution in [0.4, 0.5) is 0 Å². The van der Waals surface area contributed by atoms with Crippen LogP contribution >= 0.6 is 11.6 Å². The Morgan fingerprint density at radius 2 is 1.72 bits per heavy atom. The molecule has 194 valence electrons. The number of hydrogen-bond donors (Lipinski definition) is 0. The maximum absolute atomic E-state index is 15.0. The van der Waals surface area contributed by atoms with Gasteiger partial charge in [0.1, 0.15) is 11.3 Å². The summed E-state index contributed by atoms with van der Waals surface area (Å²) in [5.74, 6) is -0.198. The summed E-state index contributed by atoms with van der Waals surface area (Å²) in [6, 6.07) is 26.1. The molecule has 0 saturated carbocycles. The monoisotopic (exact) mass is 536 g/mol. The molecule has 0 bridgehead atoms. The summed E-state index contributed by atoms with van der Waals surface area (Å²) in [6.07, 6.45) is 1.46. The second-order valence-electron chi connectivity index (χ2n) is 11.2. The van der Waals surface area contributed by atoms with E-state index in [4.69, 9.17) is 16.3 Å². The molecule has 1 aliphatic carbocycles. The van der Waals surface area contributed by atoms with Gasteiger partial charge >= 0.3 is 0 Å². The van der Waals surface area contributed by atoms with Crippen LogP contribution < -0.4 is 4.74 Å². The Labute approximate surface area is 230 Å². The van der Waals surface area contributed by atoms with Gasteiger partial charge < -0.3 is 4.74 Å². The lowest BCUT2D eigenvalue weighted by Gasteiger charge is -2.44. The second kappa shape index (κ2) is 7.90. The summed E-state index contributed by atoms with van der Waals surface area (Å²) in [7, 11) is 0. The number of piperidine rings is 1. The molecule has 0 amide bonds. The first kappa shape index (κ1) is 23.2. The Bertz CT molecular complexity index is 1700. The lowest BCUT2D eigenvalue weighted by atomic mass is 9.62. The highest BCUT2D eigenvalue weighted by Gasteiger charge is 2.82. The first-order chi connectivity index (χ1) is 19.0. The number of ether oxygens (including phenoxy) is 1. The van der Waals surface area contributed by atoms with E-state index in [0.717, 1.165) is 34.7 Å². The van der Waals surface area contributed by atoms with Gasteiger partial charge in [-0.3, -0.25) is 19.8 Å². The average Bonchev–Trinajstić information content (AvgIpc) is 3.39. The predicted octanol–water partition coefficient (Wildman–Crippen LogP) is 6.69. The topological polar surface area (TPSA) is 72.7 Å². The van der Waals surface area contributed by atoms with Crippen LogP contribution in [0.5, 0.6) is 5.75 Å². The SMILES string of the molecule is O=C1c2cccc3cccc(c23)[C@]12[C@@H]1c3ccccc3O[C@@H](c3ccc(Cl)cc3)[C@]1([N+](=O)[O-])[C@H]1CCCCN12. The van der Waals surface area contributed by atoms with Crippen molar-refractivity contribution >= 4 is 28.2 Å². The molecule has 39 heavy (non-hydrogen) atoms. The fraction of sp³-hybridized carbons (Fsp3) is 0.281. The molecule has 8 rings (SSSR count). The van der Waals surface area contributed by atoms with E-state index in [0.29, 0.717) is 34.9 Å². The van der Waals surface area contributed by atoms with Crippen LogP contribution in [0.15, 0.2) is 84.9 Å². The number of hydrogen-bond acceptors (Lipinski definition) is 5. The summed E-state index contributed by atoms with van der Waals surface area (Å²) in [5, 5.41) is 16.2. The molecular formula is C32H25ClN2O4. The van der Waals surface area contributed by atoms with Gasteiger partial charge in [-0.1, -0.05) is 84.8 Å². The van der Waals surface area contributed by atoms with Crippen LogP contribution in [-0.2, 0) is 5.54 Å². The third-order valence-electron chi connectivity index (χ3n) is 9.66. The van der Waals surface area contributed by atoms with Crippen molar-refractivity contribution in [3.63, 3.8) is 0 Å². The molecule has 6 nitrogen and oxygen atoms in total. The van der Waals surface area contributed by atoms with Gasteiger partial charge in [-0.15, -0.1) is 0 Å². The van der Waals surface area contributed by atoms with Gasteiger partial charge in [0.25, 0.3) is 5.54 Å². The summed E-state index contributed by atoms with van der Waals surface area (Å²) in [5.41, 5.74) is 0.159. The van der Waals surface area contributed by atoms with Gasteiger partial charge in [0.15, 0.2) is 11.9 Å². The van der Waals surface area contributed by atoms with Crippen molar-refractivity contribution in [2.24, 2.45) is 0 Å². The van der Waals surface area contributed by atoms with E-state index in [1.807, 2.05) is 72.8 Å². The van der Waals surface area contributed by atoms with Crippen molar-refractivity contribution < 1.29 is 14.5 Å². The van der Waals surface area contributed by atoms with Crippen LogP contribution in [0.3, 0.4) is 0 Å². The number of fused-ring (bicyclic) bond motifs is 8. The predicted molar refractivity (Wildman–Crippen MR) is 148 cm³/mol. The maximum Gasteiger partial charge on any atom is 0.287 e. The molecule has 1 spiro atoms. The van der Waals surface area contributed by atoms with E-state index in [2.05, 4.69) is 4.90 Å². The molecule has 0 aromatic heterocycles. The highest BCUT2D eigenvalue weighted by molar-refractivity contribution is 6.30. The first-order valence-electron chi connectivity index (χ1n) is 13.5. The standard InChI is InChI=1S/C32H25ClN2O4/c33-21-16-14-20(15-17-21)30-32(35(37)38)26-13-3-4-18-34(26)31(28(32)22-9-1-2-12-25(22)39-30)24-11-6-8-19-7-5-10-23(27(19)24)29(31)36/h1-2,5-12,14-17,26,28,30H,3-4,13,18H2/t26-,28+,30+,31+,32+/m1/s1. The summed E-state index contributed by atoms with van der Waals surface area (Å²) >= 11 is 6.24. The minimum absolute atomic E-state index is 0.0403. The third kappa shape index (κ3) is 2.64. The minimum atomic E-state index is -1.59. The van der Waals surface area contributed by atoms with Gasteiger partial charge in [-0.2, -0.15) is 0 Å². The molecule has 4 aromatic rings. The van der Waals surface area contributed by atoms with Crippen molar-refractivity contribution in [1.29, 1.82) is 0 Å². The zero-order valence-electron chi connectivity index (χ0n) is 21.0. The van der Waals surface area contributed by atoms with Crippen molar-refractivity contribution in [3.8, 4) is 5.75 Å². The van der Waals surface area contributed by atoms with Crippen molar-refractivity contribution in [3.05, 3.63) is 122 Å². The van der Waals surface area contributed by atoms with Crippen molar-refractivity contribution in [2.45, 2.75) is 48.4 Å².